The van der Waals surface area contributed by atoms with Gasteiger partial charge in [0.1, 0.15) is 11.1 Å². The second kappa shape index (κ2) is 7.39. The highest BCUT2D eigenvalue weighted by Crippen LogP contribution is 2.40. The number of halogens is 3. The smallest absolute Gasteiger partial charge is 0.234 e. The first-order valence-corrected chi connectivity index (χ1v) is 8.82. The van der Waals surface area contributed by atoms with Gasteiger partial charge in [-0.1, -0.05) is 18.2 Å². The zero-order valence-corrected chi connectivity index (χ0v) is 14.3. The van der Waals surface area contributed by atoms with E-state index in [9.17, 15) is 18.0 Å². The first-order valence-electron chi connectivity index (χ1n) is 7.77. The van der Waals surface area contributed by atoms with Crippen LogP contribution in [0.3, 0.4) is 0 Å². The van der Waals surface area contributed by atoms with Gasteiger partial charge in [0.25, 0.3) is 0 Å². The van der Waals surface area contributed by atoms with Crippen molar-refractivity contribution in [1.82, 2.24) is 4.90 Å². The number of rotatable bonds is 5. The van der Waals surface area contributed by atoms with Crippen LogP contribution in [-0.4, -0.2) is 23.2 Å². The van der Waals surface area contributed by atoms with Crippen LogP contribution in [0.5, 0.6) is 5.75 Å². The Kier molecular flexibility index (Phi) is 5.22. The molecule has 1 aliphatic rings. The van der Waals surface area contributed by atoms with Crippen LogP contribution in [0.2, 0.25) is 0 Å². The average Bonchev–Trinajstić information content (AvgIpc) is 2.97. The summed E-state index contributed by atoms with van der Waals surface area (Å²) in [6.07, 6.45) is 0. The van der Waals surface area contributed by atoms with E-state index in [2.05, 4.69) is 0 Å². The van der Waals surface area contributed by atoms with Gasteiger partial charge in [-0.05, 0) is 30.7 Å². The first kappa shape index (κ1) is 17.7. The van der Waals surface area contributed by atoms with Gasteiger partial charge in [0.15, 0.2) is 17.5 Å². The molecule has 1 atom stereocenters. The second-order valence-corrected chi connectivity index (χ2v) is 6.59. The predicted octanol–water partition coefficient (Wildman–Crippen LogP) is 4.28. The first-order chi connectivity index (χ1) is 12.0. The van der Waals surface area contributed by atoms with Gasteiger partial charge in [0, 0.05) is 5.56 Å². The molecule has 25 heavy (non-hydrogen) atoms. The minimum absolute atomic E-state index is 0.0549. The van der Waals surface area contributed by atoms with Crippen LogP contribution in [0.4, 0.5) is 13.2 Å². The van der Waals surface area contributed by atoms with E-state index in [-0.39, 0.29) is 29.1 Å². The summed E-state index contributed by atoms with van der Waals surface area (Å²) in [6.45, 7) is 2.26. The normalized spacial score (nSPS) is 17.2. The Balaban J connectivity index is 1.88. The van der Waals surface area contributed by atoms with E-state index in [4.69, 9.17) is 4.74 Å². The van der Waals surface area contributed by atoms with Crippen LogP contribution >= 0.6 is 11.8 Å². The molecule has 0 spiro atoms. The largest absolute Gasteiger partial charge is 0.494 e. The van der Waals surface area contributed by atoms with Crippen LogP contribution in [0.25, 0.3) is 0 Å². The fraction of sp³-hybridized carbons (Fsp3) is 0.278. The summed E-state index contributed by atoms with van der Waals surface area (Å²) in [6, 6.07) is 9.35. The summed E-state index contributed by atoms with van der Waals surface area (Å²) in [7, 11) is 0. The van der Waals surface area contributed by atoms with Crippen molar-refractivity contribution in [3.63, 3.8) is 0 Å². The van der Waals surface area contributed by atoms with E-state index >= 15 is 0 Å². The molecule has 0 radical (unpaired) electrons. The van der Waals surface area contributed by atoms with Crippen molar-refractivity contribution < 1.29 is 22.7 Å². The second-order valence-electron chi connectivity index (χ2n) is 5.52. The quantitative estimate of drug-likeness (QED) is 0.739. The van der Waals surface area contributed by atoms with Gasteiger partial charge in [0.2, 0.25) is 5.91 Å². The number of nitrogens with zero attached hydrogens (tertiary/aromatic N) is 1. The molecular weight excluding hydrogens is 351 g/mol. The molecule has 2 aromatic carbocycles. The molecular formula is C18H16F3NO2S. The van der Waals surface area contributed by atoms with Gasteiger partial charge < -0.3 is 9.64 Å². The third-order valence-corrected chi connectivity index (χ3v) is 5.13. The highest BCUT2D eigenvalue weighted by atomic mass is 32.2. The molecule has 1 unspecified atom stereocenters. The molecule has 0 N–H and O–H groups in total. The lowest BCUT2D eigenvalue weighted by atomic mass is 10.1. The third-order valence-electron chi connectivity index (χ3n) is 3.88. The highest BCUT2D eigenvalue weighted by Gasteiger charge is 2.34. The lowest BCUT2D eigenvalue weighted by Crippen LogP contribution is -2.28. The van der Waals surface area contributed by atoms with Crippen LogP contribution in [0, 0.1) is 17.5 Å². The van der Waals surface area contributed by atoms with Crippen molar-refractivity contribution in [2.24, 2.45) is 0 Å². The van der Waals surface area contributed by atoms with Gasteiger partial charge in [0.05, 0.1) is 18.9 Å². The monoisotopic (exact) mass is 367 g/mol. The highest BCUT2D eigenvalue weighted by molar-refractivity contribution is 8.00. The molecule has 3 rings (SSSR count). The molecule has 0 aliphatic carbocycles. The molecule has 0 aromatic heterocycles. The third kappa shape index (κ3) is 3.61. The maximum absolute atomic E-state index is 14.0. The molecule has 1 heterocycles. The van der Waals surface area contributed by atoms with Gasteiger partial charge in [-0.25, -0.2) is 13.2 Å². The van der Waals surface area contributed by atoms with Crippen molar-refractivity contribution in [2.75, 3.05) is 12.4 Å². The molecule has 1 amide bonds. The summed E-state index contributed by atoms with van der Waals surface area (Å²) in [5.74, 6) is -3.28. The van der Waals surface area contributed by atoms with E-state index in [1.807, 2.05) is 31.2 Å². The number of carbonyl (C=O) groups excluding carboxylic acids is 1. The number of hydrogen-bond donors (Lipinski definition) is 0. The van der Waals surface area contributed by atoms with Crippen LogP contribution < -0.4 is 4.74 Å². The Morgan fingerprint density at radius 1 is 1.20 bits per heavy atom. The number of hydrogen-bond acceptors (Lipinski definition) is 3. The van der Waals surface area contributed by atoms with Crippen molar-refractivity contribution in [1.29, 1.82) is 0 Å². The van der Waals surface area contributed by atoms with E-state index in [1.165, 1.54) is 16.7 Å². The Bertz CT molecular complexity index is 800. The Hall–Kier alpha value is -2.15. The standard InChI is InChI=1S/C18H16F3NO2S/c1-2-24-13-5-3-4-11(8-13)18-22(15(23)10-25-18)9-12-6-7-14(19)17(21)16(12)20/h3-8,18H,2,9-10H2,1H3. The SMILES string of the molecule is CCOc1cccc(C2SCC(=O)N2Cc2ccc(F)c(F)c2F)c1. The van der Waals surface area contributed by atoms with Crippen molar-refractivity contribution >= 4 is 17.7 Å². The van der Waals surface area contributed by atoms with E-state index in [0.29, 0.717) is 12.4 Å². The fourth-order valence-corrected chi connectivity index (χ4v) is 3.87. The summed E-state index contributed by atoms with van der Waals surface area (Å²) in [4.78, 5) is 13.7. The summed E-state index contributed by atoms with van der Waals surface area (Å²) < 4.78 is 46.0. The molecule has 3 nitrogen and oxygen atoms in total. The summed E-state index contributed by atoms with van der Waals surface area (Å²) in [5.41, 5.74) is 0.783. The lowest BCUT2D eigenvalue weighted by Gasteiger charge is -2.25. The van der Waals surface area contributed by atoms with E-state index < -0.39 is 17.5 Å². The van der Waals surface area contributed by atoms with Crippen LogP contribution in [0.1, 0.15) is 23.4 Å². The maximum atomic E-state index is 14.0. The molecule has 2 aromatic rings. The van der Waals surface area contributed by atoms with Gasteiger partial charge in [-0.15, -0.1) is 11.8 Å². The lowest BCUT2D eigenvalue weighted by molar-refractivity contribution is -0.128. The van der Waals surface area contributed by atoms with Crippen LogP contribution in [-0.2, 0) is 11.3 Å². The fourth-order valence-electron chi connectivity index (χ4n) is 2.70. The molecule has 1 fully saturated rings. The minimum Gasteiger partial charge on any atom is -0.494 e. The number of ether oxygens (including phenoxy) is 1. The molecule has 1 aliphatic heterocycles. The van der Waals surface area contributed by atoms with Crippen molar-refractivity contribution in [3.05, 3.63) is 65.0 Å². The van der Waals surface area contributed by atoms with Crippen molar-refractivity contribution in [3.8, 4) is 5.75 Å². The molecule has 0 saturated carbocycles. The van der Waals surface area contributed by atoms with Gasteiger partial charge in [-0.2, -0.15) is 0 Å². The Labute approximate surface area is 147 Å². The van der Waals surface area contributed by atoms with Crippen molar-refractivity contribution in [2.45, 2.75) is 18.8 Å². The predicted molar refractivity (Wildman–Crippen MR) is 89.7 cm³/mol. The van der Waals surface area contributed by atoms with Gasteiger partial charge >= 0.3 is 0 Å². The van der Waals surface area contributed by atoms with Gasteiger partial charge in [-0.3, -0.25) is 4.79 Å². The summed E-state index contributed by atoms with van der Waals surface area (Å²) in [5, 5.41) is -0.333. The number of amides is 1. The molecule has 7 heteroatoms. The number of thioether (sulfide) groups is 1. The number of carbonyl (C=O) groups is 1. The zero-order chi connectivity index (χ0) is 18.0. The minimum atomic E-state index is -1.52. The Morgan fingerprint density at radius 2 is 2.00 bits per heavy atom. The van der Waals surface area contributed by atoms with Crippen LogP contribution in [0.15, 0.2) is 36.4 Å². The zero-order valence-electron chi connectivity index (χ0n) is 13.5. The Morgan fingerprint density at radius 3 is 2.76 bits per heavy atom. The molecule has 1 saturated heterocycles. The average molecular weight is 367 g/mol. The topological polar surface area (TPSA) is 29.5 Å². The van der Waals surface area contributed by atoms with E-state index in [1.54, 1.807) is 0 Å². The summed E-state index contributed by atoms with van der Waals surface area (Å²) >= 11 is 1.40. The molecule has 0 bridgehead atoms. The van der Waals surface area contributed by atoms with E-state index in [0.717, 1.165) is 17.7 Å². The maximum Gasteiger partial charge on any atom is 0.234 e. The molecule has 132 valence electrons. The number of benzene rings is 2.